The summed E-state index contributed by atoms with van der Waals surface area (Å²) in [6, 6.07) is 1.07. The first-order valence-electron chi connectivity index (χ1n) is 7.18. The standard InChI is InChI=1S/C14H32N2O2/c1-5-13(6-2)16(10-11-17-3)14(12-18-4)8-7-9-15/h13-14H,5-12,15H2,1-4H3. The van der Waals surface area contributed by atoms with E-state index in [0.29, 0.717) is 12.1 Å². The summed E-state index contributed by atoms with van der Waals surface area (Å²) in [6.45, 7) is 7.78. The number of rotatable bonds is 12. The molecule has 4 nitrogen and oxygen atoms in total. The van der Waals surface area contributed by atoms with Crippen LogP contribution >= 0.6 is 0 Å². The van der Waals surface area contributed by atoms with Crippen molar-refractivity contribution in [2.75, 3.05) is 40.5 Å². The Bertz CT molecular complexity index is 175. The van der Waals surface area contributed by atoms with Crippen LogP contribution in [-0.4, -0.2) is 57.5 Å². The van der Waals surface area contributed by atoms with Crippen molar-refractivity contribution < 1.29 is 9.47 Å². The summed E-state index contributed by atoms with van der Waals surface area (Å²) >= 11 is 0. The molecule has 0 radical (unpaired) electrons. The molecule has 0 amide bonds. The van der Waals surface area contributed by atoms with Gasteiger partial charge >= 0.3 is 0 Å². The van der Waals surface area contributed by atoms with Gasteiger partial charge in [0.2, 0.25) is 0 Å². The molecule has 0 aromatic heterocycles. The second-order valence-corrected chi connectivity index (χ2v) is 4.74. The quantitative estimate of drug-likeness (QED) is 0.582. The molecule has 0 saturated carbocycles. The Morgan fingerprint density at radius 1 is 1.06 bits per heavy atom. The van der Waals surface area contributed by atoms with Crippen LogP contribution in [0.1, 0.15) is 39.5 Å². The van der Waals surface area contributed by atoms with Crippen LogP contribution in [0, 0.1) is 0 Å². The average Bonchev–Trinajstić information content (AvgIpc) is 2.40. The molecular weight excluding hydrogens is 228 g/mol. The Morgan fingerprint density at radius 2 is 1.72 bits per heavy atom. The minimum absolute atomic E-state index is 0.457. The van der Waals surface area contributed by atoms with E-state index in [0.717, 1.165) is 39.1 Å². The van der Waals surface area contributed by atoms with E-state index in [2.05, 4.69) is 18.7 Å². The van der Waals surface area contributed by atoms with Crippen LogP contribution < -0.4 is 5.73 Å². The molecule has 18 heavy (non-hydrogen) atoms. The molecule has 110 valence electrons. The van der Waals surface area contributed by atoms with Crippen LogP contribution in [0.5, 0.6) is 0 Å². The van der Waals surface area contributed by atoms with Crippen molar-refractivity contribution in [1.82, 2.24) is 4.90 Å². The van der Waals surface area contributed by atoms with Gasteiger partial charge in [0.1, 0.15) is 0 Å². The van der Waals surface area contributed by atoms with Gasteiger partial charge in [0, 0.05) is 32.8 Å². The Hall–Kier alpha value is -0.160. The van der Waals surface area contributed by atoms with E-state index in [-0.39, 0.29) is 0 Å². The van der Waals surface area contributed by atoms with Crippen molar-refractivity contribution in [2.45, 2.75) is 51.6 Å². The van der Waals surface area contributed by atoms with Gasteiger partial charge in [-0.25, -0.2) is 0 Å². The normalized spacial score (nSPS) is 13.5. The largest absolute Gasteiger partial charge is 0.383 e. The minimum atomic E-state index is 0.457. The highest BCUT2D eigenvalue weighted by molar-refractivity contribution is 4.78. The van der Waals surface area contributed by atoms with E-state index >= 15 is 0 Å². The fraction of sp³-hybridized carbons (Fsp3) is 1.00. The van der Waals surface area contributed by atoms with Crippen LogP contribution in [0.2, 0.25) is 0 Å². The summed E-state index contributed by atoms with van der Waals surface area (Å²) in [7, 11) is 3.53. The van der Waals surface area contributed by atoms with Crippen molar-refractivity contribution in [2.24, 2.45) is 5.73 Å². The molecule has 4 heteroatoms. The van der Waals surface area contributed by atoms with E-state index in [9.17, 15) is 0 Å². The van der Waals surface area contributed by atoms with Gasteiger partial charge in [-0.2, -0.15) is 0 Å². The molecule has 0 saturated heterocycles. The van der Waals surface area contributed by atoms with E-state index in [1.54, 1.807) is 14.2 Å². The molecule has 1 atom stereocenters. The van der Waals surface area contributed by atoms with Crippen molar-refractivity contribution in [3.63, 3.8) is 0 Å². The maximum absolute atomic E-state index is 5.63. The fourth-order valence-corrected chi connectivity index (χ4v) is 2.51. The van der Waals surface area contributed by atoms with Crippen LogP contribution in [-0.2, 0) is 9.47 Å². The average molecular weight is 260 g/mol. The number of hydrogen-bond donors (Lipinski definition) is 1. The van der Waals surface area contributed by atoms with Crippen LogP contribution in [0.3, 0.4) is 0 Å². The Kier molecular flexibility index (Phi) is 11.8. The van der Waals surface area contributed by atoms with Gasteiger partial charge in [-0.15, -0.1) is 0 Å². The zero-order valence-electron chi connectivity index (χ0n) is 12.7. The second-order valence-electron chi connectivity index (χ2n) is 4.74. The van der Waals surface area contributed by atoms with Crippen LogP contribution in [0.4, 0.5) is 0 Å². The van der Waals surface area contributed by atoms with Gasteiger partial charge in [-0.3, -0.25) is 4.90 Å². The Labute approximate surface area is 113 Å². The summed E-state index contributed by atoms with van der Waals surface area (Å²) in [5, 5.41) is 0. The molecule has 0 bridgehead atoms. The summed E-state index contributed by atoms with van der Waals surface area (Å²) in [6.07, 6.45) is 4.49. The van der Waals surface area contributed by atoms with Crippen molar-refractivity contribution in [1.29, 1.82) is 0 Å². The lowest BCUT2D eigenvalue weighted by atomic mass is 10.0. The highest BCUT2D eigenvalue weighted by atomic mass is 16.5. The van der Waals surface area contributed by atoms with Crippen molar-refractivity contribution in [3.05, 3.63) is 0 Å². The van der Waals surface area contributed by atoms with Crippen molar-refractivity contribution in [3.8, 4) is 0 Å². The topological polar surface area (TPSA) is 47.7 Å². The SMILES string of the molecule is CCC(CC)N(CCOC)C(CCCN)COC. The molecule has 0 heterocycles. The molecule has 0 fully saturated rings. The molecule has 0 aromatic rings. The number of nitrogens with two attached hydrogens (primary N) is 1. The number of methoxy groups -OCH3 is 2. The highest BCUT2D eigenvalue weighted by Crippen LogP contribution is 2.16. The molecule has 0 aliphatic rings. The molecule has 0 aliphatic carbocycles. The van der Waals surface area contributed by atoms with E-state index in [4.69, 9.17) is 15.2 Å². The van der Waals surface area contributed by atoms with E-state index < -0.39 is 0 Å². The maximum Gasteiger partial charge on any atom is 0.0618 e. The van der Waals surface area contributed by atoms with Crippen LogP contribution in [0.25, 0.3) is 0 Å². The van der Waals surface area contributed by atoms with Gasteiger partial charge < -0.3 is 15.2 Å². The van der Waals surface area contributed by atoms with Crippen LogP contribution in [0.15, 0.2) is 0 Å². The number of nitrogens with zero attached hydrogens (tertiary/aromatic N) is 1. The zero-order valence-corrected chi connectivity index (χ0v) is 12.7. The Balaban J connectivity index is 4.59. The third-order valence-corrected chi connectivity index (χ3v) is 3.53. The van der Waals surface area contributed by atoms with Crippen molar-refractivity contribution >= 4 is 0 Å². The highest BCUT2D eigenvalue weighted by Gasteiger charge is 2.23. The molecule has 0 aliphatic heterocycles. The molecule has 0 spiro atoms. The van der Waals surface area contributed by atoms with Gasteiger partial charge in [0.05, 0.1) is 13.2 Å². The molecule has 1 unspecified atom stereocenters. The number of hydrogen-bond acceptors (Lipinski definition) is 4. The lowest BCUT2D eigenvalue weighted by Gasteiger charge is -2.37. The molecule has 0 rings (SSSR count). The van der Waals surface area contributed by atoms with Gasteiger partial charge in [-0.1, -0.05) is 13.8 Å². The predicted molar refractivity (Wildman–Crippen MR) is 76.9 cm³/mol. The molecule has 2 N–H and O–H groups in total. The van der Waals surface area contributed by atoms with E-state index in [1.807, 2.05) is 0 Å². The third kappa shape index (κ3) is 6.69. The lowest BCUT2D eigenvalue weighted by Crippen LogP contribution is -2.47. The summed E-state index contributed by atoms with van der Waals surface area (Å²) < 4.78 is 10.6. The second kappa shape index (κ2) is 11.9. The first kappa shape index (κ1) is 17.8. The third-order valence-electron chi connectivity index (χ3n) is 3.53. The van der Waals surface area contributed by atoms with Gasteiger partial charge in [0.15, 0.2) is 0 Å². The summed E-state index contributed by atoms with van der Waals surface area (Å²) in [4.78, 5) is 2.54. The van der Waals surface area contributed by atoms with Gasteiger partial charge in [0.25, 0.3) is 0 Å². The first-order chi connectivity index (χ1) is 8.74. The molecular formula is C14H32N2O2. The lowest BCUT2D eigenvalue weighted by molar-refractivity contribution is 0.0324. The maximum atomic E-state index is 5.63. The molecule has 0 aromatic carbocycles. The Morgan fingerprint density at radius 3 is 2.17 bits per heavy atom. The first-order valence-corrected chi connectivity index (χ1v) is 7.18. The van der Waals surface area contributed by atoms with Gasteiger partial charge in [-0.05, 0) is 32.2 Å². The van der Waals surface area contributed by atoms with E-state index in [1.165, 1.54) is 12.8 Å². The smallest absolute Gasteiger partial charge is 0.0618 e. The monoisotopic (exact) mass is 260 g/mol. The fourth-order valence-electron chi connectivity index (χ4n) is 2.51. The zero-order chi connectivity index (χ0) is 13.8. The minimum Gasteiger partial charge on any atom is -0.383 e. The predicted octanol–water partition coefficient (Wildman–Crippen LogP) is 1.88. The number of ether oxygens (including phenoxy) is 2. The summed E-state index contributed by atoms with van der Waals surface area (Å²) in [5.41, 5.74) is 5.63. The summed E-state index contributed by atoms with van der Waals surface area (Å²) in [5.74, 6) is 0.